The highest BCUT2D eigenvalue weighted by Crippen LogP contribution is 2.31. The molecule has 1 saturated heterocycles. The number of amides is 2. The minimum Gasteiger partial charge on any atom is -0.347 e. The molecular weight excluding hydrogens is 346 g/mol. The molecule has 0 atom stereocenters. The molecule has 0 aliphatic carbocycles. The molecule has 0 aromatic heterocycles. The molecule has 1 aromatic rings. The maximum atomic E-state index is 12.3. The summed E-state index contributed by atoms with van der Waals surface area (Å²) in [4.78, 5) is 32.5. The number of nitrogens with zero attached hydrogens (tertiary/aromatic N) is 3. The van der Waals surface area contributed by atoms with Crippen LogP contribution in [0.4, 0.5) is 0 Å². The zero-order chi connectivity index (χ0) is 18.9. The summed E-state index contributed by atoms with van der Waals surface area (Å²) in [5.41, 5.74) is 2.39. The SMILES string of the molecule is CC(=O)N1CCN(C2=NC(=O)/C(=C/c3ccc(C(C)(C)C)cc3)S2)CC1. The molecule has 0 unspecified atom stereocenters. The lowest BCUT2D eigenvalue weighted by molar-refractivity contribution is -0.130. The Balaban J connectivity index is 1.66. The van der Waals surface area contributed by atoms with Crippen molar-refractivity contribution in [1.29, 1.82) is 0 Å². The summed E-state index contributed by atoms with van der Waals surface area (Å²) in [7, 11) is 0. The van der Waals surface area contributed by atoms with Gasteiger partial charge >= 0.3 is 0 Å². The molecule has 26 heavy (non-hydrogen) atoms. The van der Waals surface area contributed by atoms with E-state index < -0.39 is 0 Å². The maximum absolute atomic E-state index is 12.3. The first kappa shape index (κ1) is 18.7. The van der Waals surface area contributed by atoms with Gasteiger partial charge in [0.1, 0.15) is 0 Å². The van der Waals surface area contributed by atoms with Gasteiger partial charge in [-0.3, -0.25) is 9.59 Å². The first-order valence-corrected chi connectivity index (χ1v) is 9.69. The van der Waals surface area contributed by atoms with Crippen LogP contribution in [0.1, 0.15) is 38.8 Å². The molecule has 0 spiro atoms. The van der Waals surface area contributed by atoms with Gasteiger partial charge in [0.2, 0.25) is 5.91 Å². The number of thioether (sulfide) groups is 1. The number of piperazine rings is 1. The van der Waals surface area contributed by atoms with E-state index >= 15 is 0 Å². The van der Waals surface area contributed by atoms with Crippen LogP contribution in [-0.4, -0.2) is 53.0 Å². The second-order valence-corrected chi connectivity index (χ2v) is 8.68. The Morgan fingerprint density at radius 2 is 1.73 bits per heavy atom. The van der Waals surface area contributed by atoms with Crippen molar-refractivity contribution in [3.8, 4) is 0 Å². The van der Waals surface area contributed by atoms with Crippen LogP contribution >= 0.6 is 11.8 Å². The van der Waals surface area contributed by atoms with Crippen molar-refractivity contribution in [3.63, 3.8) is 0 Å². The maximum Gasteiger partial charge on any atom is 0.286 e. The lowest BCUT2D eigenvalue weighted by atomic mass is 9.87. The highest BCUT2D eigenvalue weighted by atomic mass is 32.2. The fourth-order valence-corrected chi connectivity index (χ4v) is 3.94. The number of rotatable bonds is 1. The number of hydrogen-bond acceptors (Lipinski definition) is 4. The zero-order valence-electron chi connectivity index (χ0n) is 15.8. The van der Waals surface area contributed by atoms with E-state index in [2.05, 4.69) is 42.8 Å². The summed E-state index contributed by atoms with van der Waals surface area (Å²) in [6, 6.07) is 8.31. The van der Waals surface area contributed by atoms with E-state index in [0.29, 0.717) is 31.1 Å². The fraction of sp³-hybridized carbons (Fsp3) is 0.450. The first-order valence-electron chi connectivity index (χ1n) is 8.87. The van der Waals surface area contributed by atoms with Gasteiger partial charge in [0, 0.05) is 33.1 Å². The van der Waals surface area contributed by atoms with Crippen molar-refractivity contribution >= 4 is 34.8 Å². The third-order valence-corrected chi connectivity index (χ3v) is 5.72. The van der Waals surface area contributed by atoms with Crippen LogP contribution in [0.3, 0.4) is 0 Å². The molecule has 0 saturated carbocycles. The summed E-state index contributed by atoms with van der Waals surface area (Å²) < 4.78 is 0. The molecule has 0 bridgehead atoms. The van der Waals surface area contributed by atoms with E-state index in [-0.39, 0.29) is 17.2 Å². The smallest absolute Gasteiger partial charge is 0.286 e. The Hall–Kier alpha value is -2.08. The summed E-state index contributed by atoms with van der Waals surface area (Å²) >= 11 is 1.42. The van der Waals surface area contributed by atoms with Crippen LogP contribution < -0.4 is 0 Å². The van der Waals surface area contributed by atoms with Gasteiger partial charge in [-0.05, 0) is 34.4 Å². The number of hydrogen-bond donors (Lipinski definition) is 0. The number of carbonyl (C=O) groups is 2. The average molecular weight is 372 g/mol. The topological polar surface area (TPSA) is 53.0 Å². The molecule has 2 amide bonds. The second-order valence-electron chi connectivity index (χ2n) is 7.68. The van der Waals surface area contributed by atoms with Crippen LogP contribution in [0.15, 0.2) is 34.2 Å². The number of carbonyl (C=O) groups excluding carboxylic acids is 2. The number of benzene rings is 1. The van der Waals surface area contributed by atoms with Crippen molar-refractivity contribution in [2.24, 2.45) is 4.99 Å². The van der Waals surface area contributed by atoms with Crippen molar-refractivity contribution in [3.05, 3.63) is 40.3 Å². The third kappa shape index (κ3) is 4.18. The predicted octanol–water partition coefficient (Wildman–Crippen LogP) is 3.12. The largest absolute Gasteiger partial charge is 0.347 e. The molecular formula is C20H25N3O2S. The Labute approximate surface area is 159 Å². The molecule has 2 aliphatic heterocycles. The molecule has 5 nitrogen and oxygen atoms in total. The van der Waals surface area contributed by atoms with Crippen molar-refractivity contribution in [2.45, 2.75) is 33.1 Å². The summed E-state index contributed by atoms with van der Waals surface area (Å²) in [6.07, 6.45) is 1.90. The minimum absolute atomic E-state index is 0.0982. The van der Waals surface area contributed by atoms with E-state index in [1.807, 2.05) is 23.1 Å². The fourth-order valence-electron chi connectivity index (χ4n) is 2.98. The van der Waals surface area contributed by atoms with Crippen LogP contribution in [0.2, 0.25) is 0 Å². The molecule has 138 valence electrons. The van der Waals surface area contributed by atoms with E-state index in [0.717, 1.165) is 10.7 Å². The highest BCUT2D eigenvalue weighted by Gasteiger charge is 2.28. The monoisotopic (exact) mass is 371 g/mol. The molecule has 0 N–H and O–H groups in total. The van der Waals surface area contributed by atoms with E-state index in [9.17, 15) is 9.59 Å². The minimum atomic E-state index is -0.182. The van der Waals surface area contributed by atoms with Gasteiger partial charge in [0.05, 0.1) is 4.91 Å². The van der Waals surface area contributed by atoms with E-state index in [1.165, 1.54) is 17.3 Å². The van der Waals surface area contributed by atoms with Crippen molar-refractivity contribution < 1.29 is 9.59 Å². The Bertz CT molecular complexity index is 767. The van der Waals surface area contributed by atoms with Gasteiger partial charge in [-0.2, -0.15) is 4.99 Å². The second kappa shape index (κ2) is 7.27. The van der Waals surface area contributed by atoms with Crippen molar-refractivity contribution in [2.75, 3.05) is 26.2 Å². The molecule has 0 radical (unpaired) electrons. The quantitative estimate of drug-likeness (QED) is 0.712. The summed E-state index contributed by atoms with van der Waals surface area (Å²) in [6.45, 7) is 10.9. The van der Waals surface area contributed by atoms with E-state index in [4.69, 9.17) is 0 Å². The first-order chi connectivity index (χ1) is 12.2. The molecule has 2 heterocycles. The Kier molecular flexibility index (Phi) is 5.23. The lowest BCUT2D eigenvalue weighted by Gasteiger charge is -2.34. The van der Waals surface area contributed by atoms with Gasteiger partial charge in [-0.15, -0.1) is 0 Å². The highest BCUT2D eigenvalue weighted by molar-refractivity contribution is 8.18. The molecule has 1 fully saturated rings. The van der Waals surface area contributed by atoms with Gasteiger partial charge in [-0.1, -0.05) is 45.0 Å². The lowest BCUT2D eigenvalue weighted by Crippen LogP contribution is -2.49. The predicted molar refractivity (Wildman–Crippen MR) is 107 cm³/mol. The van der Waals surface area contributed by atoms with Gasteiger partial charge < -0.3 is 9.80 Å². The molecule has 3 rings (SSSR count). The van der Waals surface area contributed by atoms with E-state index in [1.54, 1.807) is 6.92 Å². The summed E-state index contributed by atoms with van der Waals surface area (Å²) in [5.74, 6) is -0.0834. The van der Waals surface area contributed by atoms with Gasteiger partial charge in [0.15, 0.2) is 5.17 Å². The Morgan fingerprint density at radius 1 is 1.12 bits per heavy atom. The number of amidine groups is 1. The third-order valence-electron chi connectivity index (χ3n) is 4.68. The zero-order valence-corrected chi connectivity index (χ0v) is 16.6. The molecule has 6 heteroatoms. The van der Waals surface area contributed by atoms with Gasteiger partial charge in [0.25, 0.3) is 5.91 Å². The molecule has 1 aromatic carbocycles. The van der Waals surface area contributed by atoms with Crippen LogP contribution in [-0.2, 0) is 15.0 Å². The number of aliphatic imine (C=N–C) groups is 1. The van der Waals surface area contributed by atoms with Gasteiger partial charge in [-0.25, -0.2) is 0 Å². The normalized spacial score (nSPS) is 19.9. The Morgan fingerprint density at radius 3 is 2.27 bits per heavy atom. The average Bonchev–Trinajstić information content (AvgIpc) is 2.95. The summed E-state index contributed by atoms with van der Waals surface area (Å²) in [5, 5.41) is 0.746. The van der Waals surface area contributed by atoms with Crippen molar-refractivity contribution in [1.82, 2.24) is 9.80 Å². The van der Waals surface area contributed by atoms with Crippen LogP contribution in [0.25, 0.3) is 6.08 Å². The molecule has 2 aliphatic rings. The van der Waals surface area contributed by atoms with Crippen LogP contribution in [0.5, 0.6) is 0 Å². The van der Waals surface area contributed by atoms with Crippen LogP contribution in [0, 0.1) is 0 Å². The standard InChI is InChI=1S/C20H25N3O2S/c1-14(24)22-9-11-23(12-10-22)19-21-18(25)17(26-19)13-15-5-7-16(8-6-15)20(2,3)4/h5-8,13H,9-12H2,1-4H3/b17-13-.